The zero-order chi connectivity index (χ0) is 18.4. The lowest BCUT2D eigenvalue weighted by Gasteiger charge is -2.16. The highest BCUT2D eigenvalue weighted by Gasteiger charge is 2.23. The van der Waals surface area contributed by atoms with Crippen molar-refractivity contribution in [2.75, 3.05) is 18.0 Å². The van der Waals surface area contributed by atoms with Crippen LogP contribution in [0.4, 0.5) is 5.82 Å². The number of nitrogens with two attached hydrogens (primary N) is 1. The monoisotopic (exact) mass is 391 g/mol. The number of carbonyl (C=O) groups is 1. The predicted molar refractivity (Wildman–Crippen MR) is 90.3 cm³/mol. The number of fused-ring (bicyclic) bond motifs is 1. The van der Waals surface area contributed by atoms with Crippen LogP contribution in [0.25, 0.3) is 11.2 Å². The summed E-state index contributed by atoms with van der Waals surface area (Å²) in [6.45, 7) is 3.38. The van der Waals surface area contributed by atoms with E-state index in [4.69, 9.17) is 10.5 Å². The largest absolute Gasteiger partial charge is 0.382 e. The first-order chi connectivity index (χ1) is 11.8. The molecule has 2 aromatic heterocycles. The van der Waals surface area contributed by atoms with Gasteiger partial charge in [0.05, 0.1) is 19.0 Å². The number of thioether (sulfide) groups is 1. The molecule has 0 saturated carbocycles. The van der Waals surface area contributed by atoms with Gasteiger partial charge >= 0.3 is 7.60 Å². The maximum atomic E-state index is 11.8. The second-order valence-corrected chi connectivity index (χ2v) is 7.80. The van der Waals surface area contributed by atoms with Gasteiger partial charge in [0, 0.05) is 6.92 Å². The van der Waals surface area contributed by atoms with Gasteiger partial charge in [0.2, 0.25) is 0 Å². The summed E-state index contributed by atoms with van der Waals surface area (Å²) < 4.78 is 23.2. The van der Waals surface area contributed by atoms with Crippen LogP contribution in [0.1, 0.15) is 13.8 Å². The van der Waals surface area contributed by atoms with E-state index >= 15 is 0 Å². The molecule has 0 aliphatic heterocycles. The first-order valence-corrected chi connectivity index (χ1v) is 9.82. The van der Waals surface area contributed by atoms with E-state index in [2.05, 4.69) is 24.5 Å². The van der Waals surface area contributed by atoms with Crippen LogP contribution >= 0.6 is 19.4 Å². The van der Waals surface area contributed by atoms with Crippen molar-refractivity contribution < 1.29 is 28.6 Å². The molecule has 25 heavy (non-hydrogen) atoms. The Labute approximate surface area is 147 Å². The minimum absolute atomic E-state index is 0.183. The van der Waals surface area contributed by atoms with Gasteiger partial charge in [-0.25, -0.2) is 19.8 Å². The molecule has 0 aliphatic rings. The normalized spacial score (nSPS) is 15.2. The van der Waals surface area contributed by atoms with E-state index < -0.39 is 20.0 Å². The van der Waals surface area contributed by atoms with Gasteiger partial charge in [-0.15, -0.1) is 4.67 Å². The van der Waals surface area contributed by atoms with Crippen LogP contribution in [0.3, 0.4) is 0 Å². The van der Waals surface area contributed by atoms with Gasteiger partial charge in [0.1, 0.15) is 17.8 Å². The van der Waals surface area contributed by atoms with Crippen molar-refractivity contribution in [1.29, 1.82) is 0 Å². The van der Waals surface area contributed by atoms with Crippen molar-refractivity contribution in [2.24, 2.45) is 0 Å². The van der Waals surface area contributed by atoms with E-state index in [-0.39, 0.29) is 16.9 Å². The topological polar surface area (TPSA) is 152 Å². The van der Waals surface area contributed by atoms with Gasteiger partial charge in [-0.1, -0.05) is 11.8 Å². The second kappa shape index (κ2) is 8.70. The fourth-order valence-electron chi connectivity index (χ4n) is 1.82. The molecule has 0 bridgehead atoms. The molecule has 138 valence electrons. The number of anilines is 1. The van der Waals surface area contributed by atoms with Crippen molar-refractivity contribution in [3.05, 3.63) is 12.7 Å². The van der Waals surface area contributed by atoms with Gasteiger partial charge in [-0.05, 0) is 6.92 Å². The fraction of sp³-hybridized carbons (Fsp3) is 0.500. The minimum atomic E-state index is -4.09. The molecule has 2 aromatic rings. The molecule has 0 amide bonds. The molecular formula is C12H18N5O6PS. The van der Waals surface area contributed by atoms with Crippen molar-refractivity contribution in [2.45, 2.75) is 26.5 Å². The lowest BCUT2D eigenvalue weighted by Crippen LogP contribution is -2.17. The Kier molecular flexibility index (Phi) is 6.87. The molecule has 0 aliphatic carbocycles. The van der Waals surface area contributed by atoms with Gasteiger partial charge in [-0.3, -0.25) is 9.36 Å². The summed E-state index contributed by atoms with van der Waals surface area (Å²) in [6.07, 6.45) is 1.85. The molecule has 2 heterocycles. The quantitative estimate of drug-likeness (QED) is 0.208. The summed E-state index contributed by atoms with van der Waals surface area (Å²) in [4.78, 5) is 36.9. The molecular weight excluding hydrogens is 373 g/mol. The zero-order valence-corrected chi connectivity index (χ0v) is 15.3. The van der Waals surface area contributed by atoms with E-state index in [1.54, 1.807) is 11.5 Å². The molecule has 13 heteroatoms. The number of carbonyl (C=O) groups excluding carboxylic acids is 1. The molecule has 0 aromatic carbocycles. The average Bonchev–Trinajstić information content (AvgIpc) is 2.94. The molecule has 3 N–H and O–H groups in total. The molecule has 0 fully saturated rings. The van der Waals surface area contributed by atoms with E-state index in [1.807, 2.05) is 0 Å². The summed E-state index contributed by atoms with van der Waals surface area (Å²) >= 11 is 0.810. The average molecular weight is 391 g/mol. The lowest BCUT2D eigenvalue weighted by atomic mass is 10.4. The number of rotatable bonds is 9. The summed E-state index contributed by atoms with van der Waals surface area (Å²) in [6, 6.07) is 0. The molecule has 0 saturated heterocycles. The maximum absolute atomic E-state index is 11.8. The molecule has 0 radical (unpaired) electrons. The standard InChI is InChI=1S/C12H18N5O6PS/c1-8(21-6-24(19,20)23-22-7-25-9(2)18)3-17-5-16-10-11(13)14-4-15-12(10)17/h4-5,8H,3,6-7H2,1-2H3,(H,19,20)(H2,13,14,15)/t8-/m1/s1. The maximum Gasteiger partial charge on any atom is 0.380 e. The Balaban J connectivity index is 1.83. The van der Waals surface area contributed by atoms with Crippen molar-refractivity contribution >= 4 is 41.5 Å². The van der Waals surface area contributed by atoms with Crippen molar-refractivity contribution in [3.8, 4) is 0 Å². The number of imidazole rings is 1. The second-order valence-electron chi connectivity index (χ2n) is 5.02. The Morgan fingerprint density at radius 2 is 2.24 bits per heavy atom. The number of ether oxygens (including phenoxy) is 1. The van der Waals surface area contributed by atoms with Crippen LogP contribution < -0.4 is 5.73 Å². The lowest BCUT2D eigenvalue weighted by molar-refractivity contribution is -0.196. The first kappa shape index (κ1) is 19.8. The molecule has 11 nitrogen and oxygen atoms in total. The van der Waals surface area contributed by atoms with Gasteiger partial charge in [0.25, 0.3) is 0 Å². The number of nitrogen functional groups attached to an aromatic ring is 1. The number of hydrogen-bond acceptors (Lipinski definition) is 10. The van der Waals surface area contributed by atoms with Crippen LogP contribution in [0.5, 0.6) is 0 Å². The van der Waals surface area contributed by atoms with Gasteiger partial charge < -0.3 is 19.9 Å². The Morgan fingerprint density at radius 1 is 1.48 bits per heavy atom. The number of aromatic nitrogens is 4. The SMILES string of the molecule is CC(=O)SCOOP(=O)(O)CO[C@H](C)Cn1cnc2c(N)ncnc21. The molecule has 2 atom stereocenters. The third kappa shape index (κ3) is 6.03. The first-order valence-electron chi connectivity index (χ1n) is 7.08. The molecule has 0 spiro atoms. The van der Waals surface area contributed by atoms with Gasteiger partial charge in [-0.2, -0.15) is 0 Å². The highest BCUT2D eigenvalue weighted by Crippen LogP contribution is 2.42. The summed E-state index contributed by atoms with van der Waals surface area (Å²) in [7, 11) is -4.09. The van der Waals surface area contributed by atoms with Crippen LogP contribution in [-0.2, 0) is 30.2 Å². The molecule has 2 rings (SSSR count). The van der Waals surface area contributed by atoms with Crippen molar-refractivity contribution in [3.63, 3.8) is 0 Å². The van der Waals surface area contributed by atoms with Crippen molar-refractivity contribution in [1.82, 2.24) is 19.5 Å². The van der Waals surface area contributed by atoms with Crippen LogP contribution in [0.2, 0.25) is 0 Å². The summed E-state index contributed by atoms with van der Waals surface area (Å²) in [5.41, 5.74) is 6.72. The third-order valence-corrected chi connectivity index (χ3v) is 4.32. The van der Waals surface area contributed by atoms with E-state index in [0.717, 1.165) is 11.8 Å². The smallest absolute Gasteiger partial charge is 0.380 e. The Hall–Kier alpha value is -1.56. The summed E-state index contributed by atoms with van der Waals surface area (Å²) in [5.74, 6) is 0.0866. The van der Waals surface area contributed by atoms with E-state index in [1.165, 1.54) is 19.6 Å². The summed E-state index contributed by atoms with van der Waals surface area (Å²) in [5, 5.41) is -0.196. The molecule has 1 unspecified atom stereocenters. The fourth-order valence-corrected chi connectivity index (χ4v) is 2.85. The van der Waals surface area contributed by atoms with Gasteiger partial charge in [0.15, 0.2) is 22.9 Å². The highest BCUT2D eigenvalue weighted by molar-refractivity contribution is 8.13. The Morgan fingerprint density at radius 3 is 2.96 bits per heavy atom. The number of nitrogens with zero attached hydrogens (tertiary/aromatic N) is 4. The van der Waals surface area contributed by atoms with Crippen LogP contribution in [0, 0.1) is 0 Å². The minimum Gasteiger partial charge on any atom is -0.382 e. The predicted octanol–water partition coefficient (Wildman–Crippen LogP) is 1.14. The Bertz CT molecular complexity index is 786. The zero-order valence-electron chi connectivity index (χ0n) is 13.6. The van der Waals surface area contributed by atoms with E-state index in [9.17, 15) is 14.3 Å². The number of hydrogen-bond donors (Lipinski definition) is 2. The van der Waals surface area contributed by atoms with E-state index in [0.29, 0.717) is 17.7 Å². The van der Waals surface area contributed by atoms with Crippen LogP contribution in [-0.4, -0.2) is 47.9 Å². The van der Waals surface area contributed by atoms with Crippen LogP contribution in [0.15, 0.2) is 12.7 Å². The third-order valence-electron chi connectivity index (χ3n) is 2.89. The highest BCUT2D eigenvalue weighted by atomic mass is 32.2.